The number of nitrogens with zero attached hydrogens (tertiary/aromatic N) is 2. The first-order valence-corrected chi connectivity index (χ1v) is 6.66. The largest absolute Gasteiger partial charge is 0.288 e. The highest BCUT2D eigenvalue weighted by Crippen LogP contribution is 2.23. The average Bonchev–Trinajstić information content (AvgIpc) is 2.58. The monoisotopic (exact) mass is 301 g/mol. The van der Waals surface area contributed by atoms with Crippen LogP contribution in [0.15, 0.2) is 66.7 Å². The molecule has 0 amide bonds. The van der Waals surface area contributed by atoms with Crippen molar-refractivity contribution in [1.82, 2.24) is 0 Å². The minimum Gasteiger partial charge on any atom is -0.288 e. The molecule has 5 heteroatoms. The van der Waals surface area contributed by atoms with Gasteiger partial charge in [-0.1, -0.05) is 42.5 Å². The number of rotatable bonds is 6. The third kappa shape index (κ3) is 3.71. The van der Waals surface area contributed by atoms with Gasteiger partial charge in [0.1, 0.15) is 0 Å². The summed E-state index contributed by atoms with van der Waals surface area (Å²) in [5.74, 6) is 0. The quantitative estimate of drug-likeness (QED) is 0.498. The van der Waals surface area contributed by atoms with Gasteiger partial charge < -0.3 is 0 Å². The van der Waals surface area contributed by atoms with Crippen LogP contribution < -0.4 is 5.06 Å². The molecule has 0 bridgehead atoms. The number of hydrogen-bond donors (Lipinski definition) is 1. The summed E-state index contributed by atoms with van der Waals surface area (Å²) in [6, 6.07) is 13.4. The van der Waals surface area contributed by atoms with Gasteiger partial charge in [-0.05, 0) is 31.0 Å². The van der Waals surface area contributed by atoms with Gasteiger partial charge in [-0.15, -0.1) is 0 Å². The summed E-state index contributed by atoms with van der Waals surface area (Å²) < 4.78 is 22.8. The molecule has 114 valence electrons. The number of nitro groups is 1. The fourth-order valence-electron chi connectivity index (χ4n) is 2.10. The van der Waals surface area contributed by atoms with Crippen LogP contribution in [0, 0.1) is 10.1 Å². The summed E-state index contributed by atoms with van der Waals surface area (Å²) in [4.78, 5) is 10.2. The van der Waals surface area contributed by atoms with Gasteiger partial charge in [0.05, 0.1) is 16.7 Å². The fourth-order valence-corrected chi connectivity index (χ4v) is 2.10. The Labute approximate surface area is 133 Å². The molecule has 0 aliphatic heterocycles. The van der Waals surface area contributed by atoms with Crippen LogP contribution in [0.2, 0.25) is 0 Å². The maximum Gasteiger partial charge on any atom is 0.269 e. The zero-order valence-corrected chi connectivity index (χ0v) is 11.8. The van der Waals surface area contributed by atoms with E-state index in [-0.39, 0.29) is 23.4 Å². The molecule has 0 heterocycles. The average molecular weight is 301 g/mol. The van der Waals surface area contributed by atoms with E-state index in [0.717, 1.165) is 10.6 Å². The van der Waals surface area contributed by atoms with Crippen LogP contribution in [-0.2, 0) is 6.42 Å². The Morgan fingerprint density at radius 1 is 1.32 bits per heavy atom. The van der Waals surface area contributed by atoms with Crippen LogP contribution in [0.4, 0.5) is 11.4 Å². The van der Waals surface area contributed by atoms with Crippen molar-refractivity contribution < 1.29 is 14.2 Å². The van der Waals surface area contributed by atoms with Crippen molar-refractivity contribution in [3.63, 3.8) is 0 Å². The zero-order valence-electron chi connectivity index (χ0n) is 14.8. The molecule has 5 nitrogen and oxygen atoms in total. The van der Waals surface area contributed by atoms with Crippen molar-refractivity contribution in [2.45, 2.75) is 19.3 Å². The Morgan fingerprint density at radius 2 is 1.95 bits per heavy atom. The Hall–Kier alpha value is -2.66. The highest BCUT2D eigenvalue weighted by atomic mass is 16.6. The van der Waals surface area contributed by atoms with Crippen molar-refractivity contribution in [3.05, 3.63) is 82.4 Å². The van der Waals surface area contributed by atoms with E-state index in [4.69, 9.17) is 4.11 Å². The number of hydroxylamine groups is 1. The molecule has 0 fully saturated rings. The second-order valence-corrected chi connectivity index (χ2v) is 4.85. The van der Waals surface area contributed by atoms with Gasteiger partial charge in [-0.3, -0.25) is 15.3 Å². The second kappa shape index (κ2) is 6.87. The van der Waals surface area contributed by atoms with E-state index in [1.54, 1.807) is 0 Å². The van der Waals surface area contributed by atoms with Gasteiger partial charge >= 0.3 is 0 Å². The molecule has 2 aromatic carbocycles. The molecule has 2 rings (SSSR count). The number of anilines is 1. The first-order valence-electron chi connectivity index (χ1n) is 8.16. The lowest BCUT2D eigenvalue weighted by Crippen LogP contribution is -2.34. The topological polar surface area (TPSA) is 66.6 Å². The summed E-state index contributed by atoms with van der Waals surface area (Å²) in [5, 5.41) is 22.1. The minimum atomic E-state index is -2.44. The van der Waals surface area contributed by atoms with Gasteiger partial charge in [0.25, 0.3) is 5.69 Å². The molecule has 1 unspecified atom stereocenters. The predicted octanol–water partition coefficient (Wildman–Crippen LogP) is 3.98. The molecule has 0 spiro atoms. The zero-order chi connectivity index (χ0) is 18.6. The van der Waals surface area contributed by atoms with Crippen molar-refractivity contribution in [3.8, 4) is 0 Å². The van der Waals surface area contributed by atoms with E-state index >= 15 is 0 Å². The normalized spacial score (nSPS) is 14.3. The van der Waals surface area contributed by atoms with E-state index in [2.05, 4.69) is 6.58 Å². The van der Waals surface area contributed by atoms with Gasteiger partial charge in [-0.25, -0.2) is 5.06 Å². The first kappa shape index (κ1) is 11.9. The van der Waals surface area contributed by atoms with Crippen LogP contribution in [0.5, 0.6) is 0 Å². The Balaban J connectivity index is 2.33. The maximum absolute atomic E-state index is 10.7. The molecule has 1 atom stereocenters. The summed E-state index contributed by atoms with van der Waals surface area (Å²) in [7, 11) is 0. The highest BCUT2D eigenvalue weighted by Gasteiger charge is 2.19. The molecular formula is C17H18N2O3. The Kier molecular flexibility index (Phi) is 3.73. The number of hydrogen-bond acceptors (Lipinski definition) is 4. The third-order valence-corrected chi connectivity index (χ3v) is 3.29. The summed E-state index contributed by atoms with van der Waals surface area (Å²) in [6.45, 7) is 1.20. The summed E-state index contributed by atoms with van der Waals surface area (Å²) >= 11 is 0. The third-order valence-electron chi connectivity index (χ3n) is 3.29. The van der Waals surface area contributed by atoms with Crippen molar-refractivity contribution >= 4 is 11.4 Å². The van der Waals surface area contributed by atoms with Gasteiger partial charge in [0.15, 0.2) is 0 Å². The van der Waals surface area contributed by atoms with Crippen molar-refractivity contribution in [1.29, 1.82) is 0 Å². The minimum absolute atomic E-state index is 0.114. The number of benzene rings is 2. The lowest BCUT2D eigenvalue weighted by atomic mass is 10.00. The van der Waals surface area contributed by atoms with Crippen molar-refractivity contribution in [2.24, 2.45) is 0 Å². The first-order chi connectivity index (χ1) is 11.7. The molecular weight excluding hydrogens is 280 g/mol. The van der Waals surface area contributed by atoms with E-state index in [0.29, 0.717) is 0 Å². The van der Waals surface area contributed by atoms with Crippen LogP contribution in [0.1, 0.15) is 16.5 Å². The van der Waals surface area contributed by atoms with Crippen LogP contribution in [0.3, 0.4) is 0 Å². The van der Waals surface area contributed by atoms with Crippen molar-refractivity contribution in [2.75, 3.05) is 5.06 Å². The SMILES string of the molecule is [2H]C([2H])([2H])C(=C)C(Cc1ccccc1)N(O)c1ccc([N+](=O)[O-])cc1. The molecule has 2 aromatic rings. The van der Waals surface area contributed by atoms with Crippen LogP contribution in [0.25, 0.3) is 0 Å². The van der Waals surface area contributed by atoms with E-state index < -0.39 is 17.8 Å². The molecule has 0 aliphatic carbocycles. The molecule has 0 saturated carbocycles. The van der Waals surface area contributed by atoms with E-state index in [1.807, 2.05) is 30.3 Å². The Morgan fingerprint density at radius 3 is 2.50 bits per heavy atom. The Bertz CT molecular complexity index is 746. The van der Waals surface area contributed by atoms with E-state index in [1.165, 1.54) is 24.3 Å². The van der Waals surface area contributed by atoms with Crippen LogP contribution >= 0.6 is 0 Å². The molecule has 0 aliphatic rings. The lowest BCUT2D eigenvalue weighted by Gasteiger charge is -2.28. The number of non-ortho nitro benzene ring substituents is 1. The predicted molar refractivity (Wildman–Crippen MR) is 86.1 cm³/mol. The molecule has 0 radical (unpaired) electrons. The van der Waals surface area contributed by atoms with Gasteiger partial charge in [-0.2, -0.15) is 0 Å². The highest BCUT2D eigenvalue weighted by molar-refractivity contribution is 5.50. The summed E-state index contributed by atoms with van der Waals surface area (Å²) in [6.07, 6.45) is 0.228. The van der Waals surface area contributed by atoms with Crippen LogP contribution in [-0.4, -0.2) is 16.2 Å². The molecule has 0 saturated heterocycles. The van der Waals surface area contributed by atoms with Gasteiger partial charge in [0, 0.05) is 16.2 Å². The molecule has 1 N–H and O–H groups in total. The second-order valence-electron chi connectivity index (χ2n) is 4.85. The number of nitro benzene ring substituents is 1. The molecule has 22 heavy (non-hydrogen) atoms. The molecule has 0 aromatic heterocycles. The van der Waals surface area contributed by atoms with E-state index in [9.17, 15) is 15.3 Å². The standard InChI is InChI=1S/C17H18N2O3/c1-13(2)17(12-14-6-4-3-5-7-14)18(20)15-8-10-16(11-9-15)19(21)22/h3-11,17,20H,1,12H2,2H3/i2D3. The van der Waals surface area contributed by atoms with Gasteiger partial charge in [0.2, 0.25) is 0 Å². The lowest BCUT2D eigenvalue weighted by molar-refractivity contribution is -0.384. The smallest absolute Gasteiger partial charge is 0.269 e. The maximum atomic E-state index is 10.7. The summed E-state index contributed by atoms with van der Waals surface area (Å²) in [5.41, 5.74) is 0.847. The fraction of sp³-hybridized carbons (Fsp3) is 0.176.